The predicted octanol–water partition coefficient (Wildman–Crippen LogP) is 4.77. The first kappa shape index (κ1) is 21.6. The summed E-state index contributed by atoms with van der Waals surface area (Å²) in [7, 11) is 1.63. The molecule has 0 aliphatic heterocycles. The van der Waals surface area contributed by atoms with Crippen LogP contribution in [0.4, 0.5) is 5.69 Å². The number of anilines is 1. The molecule has 32 heavy (non-hydrogen) atoms. The fourth-order valence-electron chi connectivity index (χ4n) is 3.17. The van der Waals surface area contributed by atoms with Gasteiger partial charge in [-0.1, -0.05) is 36.0 Å². The number of carbonyl (C=O) groups is 1. The van der Waals surface area contributed by atoms with Crippen molar-refractivity contribution in [2.75, 3.05) is 12.4 Å². The molecule has 0 spiro atoms. The number of para-hydroxylation sites is 1. The standard InChI is InChI=1S/C24H23N5O2S/c1-16-8-4-5-12-21(16)26-23(30)17(2)32-24-28-27-22(18-9-7-13-25-15-18)29(24)19-10-6-11-20(14-19)31-3/h4-15,17H,1-3H3,(H,26,30). The Morgan fingerprint density at radius 1 is 1.09 bits per heavy atom. The third kappa shape index (κ3) is 4.65. The van der Waals surface area contributed by atoms with Crippen LogP contribution in [0.25, 0.3) is 17.1 Å². The van der Waals surface area contributed by atoms with Crippen molar-refractivity contribution in [1.29, 1.82) is 0 Å². The molecule has 1 atom stereocenters. The number of hydrogen-bond donors (Lipinski definition) is 1. The van der Waals surface area contributed by atoms with Gasteiger partial charge in [0.1, 0.15) is 5.75 Å². The Balaban J connectivity index is 1.67. The van der Waals surface area contributed by atoms with Crippen LogP contribution < -0.4 is 10.1 Å². The lowest BCUT2D eigenvalue weighted by Gasteiger charge is -2.15. The number of amides is 1. The van der Waals surface area contributed by atoms with Gasteiger partial charge in [-0.15, -0.1) is 10.2 Å². The first-order valence-electron chi connectivity index (χ1n) is 10.1. The van der Waals surface area contributed by atoms with E-state index in [0.717, 1.165) is 28.3 Å². The van der Waals surface area contributed by atoms with Gasteiger partial charge < -0.3 is 10.1 Å². The summed E-state index contributed by atoms with van der Waals surface area (Å²) in [6, 6.07) is 19.1. The van der Waals surface area contributed by atoms with Crippen LogP contribution in [-0.2, 0) is 4.79 Å². The van der Waals surface area contributed by atoms with Crippen molar-refractivity contribution in [1.82, 2.24) is 19.7 Å². The minimum atomic E-state index is -0.398. The third-order valence-electron chi connectivity index (χ3n) is 4.92. The Bertz CT molecular complexity index is 1230. The number of aryl methyl sites for hydroxylation is 1. The molecule has 0 aliphatic carbocycles. The van der Waals surface area contributed by atoms with Gasteiger partial charge in [-0.25, -0.2) is 0 Å². The van der Waals surface area contributed by atoms with E-state index in [9.17, 15) is 4.79 Å². The number of carbonyl (C=O) groups excluding carboxylic acids is 1. The average Bonchev–Trinajstić information content (AvgIpc) is 3.24. The van der Waals surface area contributed by atoms with E-state index in [1.54, 1.807) is 19.5 Å². The molecule has 1 amide bonds. The number of rotatable bonds is 7. The van der Waals surface area contributed by atoms with Gasteiger partial charge in [0.25, 0.3) is 0 Å². The van der Waals surface area contributed by atoms with E-state index in [1.165, 1.54) is 11.8 Å². The number of methoxy groups -OCH3 is 1. The molecule has 2 aromatic carbocycles. The number of ether oxygens (including phenoxy) is 1. The second kappa shape index (κ2) is 9.65. The van der Waals surface area contributed by atoms with E-state index in [2.05, 4.69) is 20.5 Å². The van der Waals surface area contributed by atoms with E-state index in [-0.39, 0.29) is 5.91 Å². The van der Waals surface area contributed by atoms with Crippen LogP contribution in [0.1, 0.15) is 12.5 Å². The summed E-state index contributed by atoms with van der Waals surface area (Å²) in [5.74, 6) is 1.25. The number of pyridine rings is 1. The maximum atomic E-state index is 12.9. The van der Waals surface area contributed by atoms with Crippen molar-refractivity contribution >= 4 is 23.4 Å². The van der Waals surface area contributed by atoms with Crippen molar-refractivity contribution in [3.8, 4) is 22.8 Å². The van der Waals surface area contributed by atoms with Crippen LogP contribution in [0.2, 0.25) is 0 Å². The minimum absolute atomic E-state index is 0.104. The number of hydrogen-bond acceptors (Lipinski definition) is 6. The van der Waals surface area contributed by atoms with Gasteiger partial charge in [-0.3, -0.25) is 14.3 Å². The van der Waals surface area contributed by atoms with Crippen LogP contribution in [0.5, 0.6) is 5.75 Å². The molecule has 0 fully saturated rings. The highest BCUT2D eigenvalue weighted by Crippen LogP contribution is 2.31. The molecule has 0 radical (unpaired) electrons. The van der Waals surface area contributed by atoms with Gasteiger partial charge >= 0.3 is 0 Å². The Hall–Kier alpha value is -3.65. The topological polar surface area (TPSA) is 81.9 Å². The lowest BCUT2D eigenvalue weighted by atomic mass is 10.2. The zero-order chi connectivity index (χ0) is 22.5. The first-order chi connectivity index (χ1) is 15.6. The molecule has 7 nitrogen and oxygen atoms in total. The molecule has 1 N–H and O–H groups in total. The maximum Gasteiger partial charge on any atom is 0.237 e. The average molecular weight is 446 g/mol. The summed E-state index contributed by atoms with van der Waals surface area (Å²) >= 11 is 1.34. The summed E-state index contributed by atoms with van der Waals surface area (Å²) < 4.78 is 7.32. The van der Waals surface area contributed by atoms with Gasteiger partial charge in [-0.05, 0) is 49.7 Å². The van der Waals surface area contributed by atoms with Gasteiger partial charge in [0.15, 0.2) is 11.0 Å². The zero-order valence-electron chi connectivity index (χ0n) is 18.0. The Labute approximate surface area is 190 Å². The quantitative estimate of drug-likeness (QED) is 0.413. The number of nitrogens with one attached hydrogen (secondary N) is 1. The van der Waals surface area contributed by atoms with E-state index in [4.69, 9.17) is 4.74 Å². The summed E-state index contributed by atoms with van der Waals surface area (Å²) in [6.45, 7) is 3.82. The second-order valence-electron chi connectivity index (χ2n) is 7.15. The molecule has 2 heterocycles. The molecule has 0 saturated carbocycles. The lowest BCUT2D eigenvalue weighted by molar-refractivity contribution is -0.115. The van der Waals surface area contributed by atoms with Crippen molar-refractivity contribution in [2.45, 2.75) is 24.3 Å². The molecule has 4 rings (SSSR count). The number of nitrogens with zero attached hydrogens (tertiary/aromatic N) is 4. The molecular weight excluding hydrogens is 422 g/mol. The van der Waals surface area contributed by atoms with Crippen molar-refractivity contribution in [3.05, 3.63) is 78.6 Å². The van der Waals surface area contributed by atoms with Crippen LogP contribution >= 0.6 is 11.8 Å². The number of thioether (sulfide) groups is 1. The van der Waals surface area contributed by atoms with Gasteiger partial charge in [0.2, 0.25) is 5.91 Å². The number of benzene rings is 2. The third-order valence-corrected chi connectivity index (χ3v) is 5.96. The van der Waals surface area contributed by atoms with Crippen molar-refractivity contribution < 1.29 is 9.53 Å². The Morgan fingerprint density at radius 2 is 1.94 bits per heavy atom. The molecule has 4 aromatic rings. The fraction of sp³-hybridized carbons (Fsp3) is 0.167. The zero-order valence-corrected chi connectivity index (χ0v) is 18.8. The largest absolute Gasteiger partial charge is 0.497 e. The Morgan fingerprint density at radius 3 is 2.69 bits per heavy atom. The molecule has 0 aliphatic rings. The van der Waals surface area contributed by atoms with Crippen LogP contribution in [0.15, 0.2) is 78.2 Å². The summed E-state index contributed by atoms with van der Waals surface area (Å²) in [5.41, 5.74) is 3.47. The summed E-state index contributed by atoms with van der Waals surface area (Å²) in [5, 5.41) is 12.0. The Kier molecular flexibility index (Phi) is 6.51. The molecule has 8 heteroatoms. The van der Waals surface area contributed by atoms with Crippen molar-refractivity contribution in [2.24, 2.45) is 0 Å². The smallest absolute Gasteiger partial charge is 0.237 e. The van der Waals surface area contributed by atoms with E-state index < -0.39 is 5.25 Å². The lowest BCUT2D eigenvalue weighted by Crippen LogP contribution is -2.23. The van der Waals surface area contributed by atoms with Crippen molar-refractivity contribution in [3.63, 3.8) is 0 Å². The van der Waals surface area contributed by atoms with E-state index >= 15 is 0 Å². The first-order valence-corrected chi connectivity index (χ1v) is 11.0. The van der Waals surface area contributed by atoms with Gasteiger partial charge in [0.05, 0.1) is 18.0 Å². The normalized spacial score (nSPS) is 11.7. The fourth-order valence-corrected chi connectivity index (χ4v) is 4.04. The highest BCUT2D eigenvalue weighted by molar-refractivity contribution is 8.00. The van der Waals surface area contributed by atoms with E-state index in [0.29, 0.717) is 11.0 Å². The summed E-state index contributed by atoms with van der Waals surface area (Å²) in [6.07, 6.45) is 3.45. The van der Waals surface area contributed by atoms with Gasteiger partial charge in [0, 0.05) is 29.7 Å². The monoisotopic (exact) mass is 445 g/mol. The molecule has 162 valence electrons. The molecule has 0 saturated heterocycles. The number of aromatic nitrogens is 4. The predicted molar refractivity (Wildman–Crippen MR) is 126 cm³/mol. The molecule has 0 bridgehead atoms. The van der Waals surface area contributed by atoms with Gasteiger partial charge in [-0.2, -0.15) is 0 Å². The highest BCUT2D eigenvalue weighted by Gasteiger charge is 2.22. The molecular formula is C24H23N5O2S. The van der Waals surface area contributed by atoms with E-state index in [1.807, 2.05) is 79.1 Å². The van der Waals surface area contributed by atoms with Crippen LogP contribution in [0, 0.1) is 6.92 Å². The van der Waals surface area contributed by atoms with Crippen LogP contribution in [0.3, 0.4) is 0 Å². The second-order valence-corrected chi connectivity index (χ2v) is 8.46. The maximum absolute atomic E-state index is 12.9. The molecule has 1 unspecified atom stereocenters. The minimum Gasteiger partial charge on any atom is -0.497 e. The highest BCUT2D eigenvalue weighted by atomic mass is 32.2. The SMILES string of the molecule is COc1cccc(-n2c(SC(C)C(=O)Nc3ccccc3C)nnc2-c2cccnc2)c1. The van der Waals surface area contributed by atoms with Crippen LogP contribution in [-0.4, -0.2) is 38.0 Å². The summed E-state index contributed by atoms with van der Waals surface area (Å²) in [4.78, 5) is 17.1. The molecule has 2 aromatic heterocycles.